The molecule has 5 rings (SSSR count). The third-order valence-electron chi connectivity index (χ3n) is 5.80. The van der Waals surface area contributed by atoms with E-state index in [0.717, 1.165) is 33.8 Å². The average molecular weight is 428 g/mol. The number of rotatable bonds is 3. The van der Waals surface area contributed by atoms with Crippen LogP contribution in [-0.4, -0.2) is 61.7 Å². The molecule has 1 saturated heterocycles. The Morgan fingerprint density at radius 1 is 0.906 bits per heavy atom. The zero-order chi connectivity index (χ0) is 22.2. The van der Waals surface area contributed by atoms with E-state index in [2.05, 4.69) is 25.0 Å². The molecule has 1 amide bonds. The van der Waals surface area contributed by atoms with Gasteiger partial charge in [0.25, 0.3) is 5.91 Å². The number of amides is 1. The molecule has 4 heterocycles. The fourth-order valence-corrected chi connectivity index (χ4v) is 4.25. The van der Waals surface area contributed by atoms with Crippen molar-refractivity contribution in [2.45, 2.75) is 20.8 Å². The molecule has 0 aliphatic carbocycles. The van der Waals surface area contributed by atoms with Crippen molar-refractivity contribution in [1.29, 1.82) is 0 Å². The Kier molecular flexibility index (Phi) is 5.05. The monoisotopic (exact) mass is 427 g/mol. The number of aromatic nitrogens is 5. The molecular weight excluding hydrogens is 402 g/mol. The minimum absolute atomic E-state index is 0.0244. The van der Waals surface area contributed by atoms with E-state index in [1.807, 2.05) is 72.8 Å². The Bertz CT molecular complexity index is 1300. The normalized spacial score (nSPS) is 14.2. The van der Waals surface area contributed by atoms with E-state index >= 15 is 0 Å². The van der Waals surface area contributed by atoms with Gasteiger partial charge in [0.1, 0.15) is 17.3 Å². The molecule has 1 aliphatic rings. The van der Waals surface area contributed by atoms with Crippen LogP contribution in [0.1, 0.15) is 27.7 Å². The van der Waals surface area contributed by atoms with Crippen molar-refractivity contribution < 1.29 is 4.79 Å². The molecule has 162 valence electrons. The van der Waals surface area contributed by atoms with Gasteiger partial charge in [-0.2, -0.15) is 5.10 Å². The summed E-state index contributed by atoms with van der Waals surface area (Å²) in [6.45, 7) is 8.50. The zero-order valence-electron chi connectivity index (χ0n) is 18.5. The van der Waals surface area contributed by atoms with E-state index in [4.69, 9.17) is 0 Å². The minimum atomic E-state index is -0.0244. The summed E-state index contributed by atoms with van der Waals surface area (Å²) in [4.78, 5) is 30.9. The number of aryl methyl sites for hydroxylation is 3. The van der Waals surface area contributed by atoms with Crippen LogP contribution in [0.4, 0.5) is 5.82 Å². The van der Waals surface area contributed by atoms with Gasteiger partial charge in [-0.05, 0) is 38.3 Å². The third-order valence-corrected chi connectivity index (χ3v) is 5.80. The van der Waals surface area contributed by atoms with Crippen LogP contribution < -0.4 is 4.90 Å². The lowest BCUT2D eigenvalue weighted by Crippen LogP contribution is -2.49. The van der Waals surface area contributed by atoms with Crippen LogP contribution in [0.3, 0.4) is 0 Å². The lowest BCUT2D eigenvalue weighted by molar-refractivity contribution is 0.0743. The highest BCUT2D eigenvalue weighted by atomic mass is 16.2. The van der Waals surface area contributed by atoms with Crippen molar-refractivity contribution in [3.63, 3.8) is 0 Å². The van der Waals surface area contributed by atoms with Crippen LogP contribution in [-0.2, 0) is 0 Å². The number of carbonyl (C=O) groups excluding carboxylic acids is 1. The fraction of sp³-hybridized carbons (Fsp3) is 0.292. The van der Waals surface area contributed by atoms with Gasteiger partial charge in [0.05, 0.1) is 5.69 Å². The number of pyridine rings is 1. The standard InChI is InChI=1S/C24H25N7O/c1-16-14-17(2)31(28-16)22-15-21(26-18(3)27-22)29-10-12-30(13-11-29)24(32)23-20-7-5-4-6-19(20)8-9-25-23/h4-9,14-15H,10-13H2,1-3H3. The number of fused-ring (bicyclic) bond motifs is 1. The lowest BCUT2D eigenvalue weighted by atomic mass is 10.1. The first-order valence-corrected chi connectivity index (χ1v) is 10.8. The first-order valence-electron chi connectivity index (χ1n) is 10.8. The van der Waals surface area contributed by atoms with Crippen molar-refractivity contribution in [2.75, 3.05) is 31.1 Å². The molecule has 0 saturated carbocycles. The van der Waals surface area contributed by atoms with Crippen molar-refractivity contribution in [1.82, 2.24) is 29.6 Å². The Labute approximate surface area is 186 Å². The highest BCUT2D eigenvalue weighted by Crippen LogP contribution is 2.21. The second kappa shape index (κ2) is 8.03. The molecule has 0 N–H and O–H groups in total. The zero-order valence-corrected chi connectivity index (χ0v) is 18.5. The molecule has 8 heteroatoms. The summed E-state index contributed by atoms with van der Waals surface area (Å²) < 4.78 is 1.85. The molecule has 0 spiro atoms. The first kappa shape index (κ1) is 20.1. The van der Waals surface area contributed by atoms with Crippen molar-refractivity contribution in [2.24, 2.45) is 0 Å². The van der Waals surface area contributed by atoms with Crippen LogP contribution in [0.15, 0.2) is 48.7 Å². The molecule has 0 unspecified atom stereocenters. The summed E-state index contributed by atoms with van der Waals surface area (Å²) in [5, 5.41) is 6.47. The highest BCUT2D eigenvalue weighted by molar-refractivity contribution is 6.05. The Morgan fingerprint density at radius 3 is 2.41 bits per heavy atom. The summed E-state index contributed by atoms with van der Waals surface area (Å²) in [5.41, 5.74) is 2.50. The molecule has 8 nitrogen and oxygen atoms in total. The summed E-state index contributed by atoms with van der Waals surface area (Å²) in [7, 11) is 0. The molecule has 4 aromatic rings. The van der Waals surface area contributed by atoms with Crippen LogP contribution in [0.5, 0.6) is 0 Å². The lowest BCUT2D eigenvalue weighted by Gasteiger charge is -2.35. The fourth-order valence-electron chi connectivity index (χ4n) is 4.25. The Morgan fingerprint density at radius 2 is 1.66 bits per heavy atom. The summed E-state index contributed by atoms with van der Waals surface area (Å²) in [6.07, 6.45) is 1.70. The van der Waals surface area contributed by atoms with Gasteiger partial charge in [0.15, 0.2) is 5.82 Å². The van der Waals surface area contributed by atoms with Gasteiger partial charge < -0.3 is 9.80 Å². The maximum Gasteiger partial charge on any atom is 0.273 e. The summed E-state index contributed by atoms with van der Waals surface area (Å²) in [6, 6.07) is 13.8. The van der Waals surface area contributed by atoms with Gasteiger partial charge in [-0.1, -0.05) is 24.3 Å². The largest absolute Gasteiger partial charge is 0.353 e. The van der Waals surface area contributed by atoms with Gasteiger partial charge in [-0.25, -0.2) is 14.6 Å². The van der Waals surface area contributed by atoms with Gasteiger partial charge in [0.2, 0.25) is 0 Å². The van der Waals surface area contributed by atoms with Crippen LogP contribution in [0.2, 0.25) is 0 Å². The number of carbonyl (C=O) groups is 1. The number of anilines is 1. The predicted octanol–water partition coefficient (Wildman–Crippen LogP) is 3.10. The second-order valence-corrected chi connectivity index (χ2v) is 8.13. The molecule has 0 radical (unpaired) electrons. The van der Waals surface area contributed by atoms with E-state index in [0.29, 0.717) is 37.7 Å². The van der Waals surface area contributed by atoms with Gasteiger partial charge >= 0.3 is 0 Å². The molecule has 0 atom stereocenters. The smallest absolute Gasteiger partial charge is 0.273 e. The quantitative estimate of drug-likeness (QED) is 0.500. The molecule has 1 aliphatic heterocycles. The van der Waals surface area contributed by atoms with E-state index in [9.17, 15) is 4.79 Å². The number of hydrogen-bond donors (Lipinski definition) is 0. The topological polar surface area (TPSA) is 80.0 Å². The molecule has 1 aromatic carbocycles. The maximum absolute atomic E-state index is 13.2. The molecule has 0 bridgehead atoms. The number of nitrogens with zero attached hydrogens (tertiary/aromatic N) is 7. The van der Waals surface area contributed by atoms with Gasteiger partial charge in [0, 0.05) is 49.5 Å². The predicted molar refractivity (Wildman–Crippen MR) is 123 cm³/mol. The van der Waals surface area contributed by atoms with Crippen molar-refractivity contribution in [3.05, 3.63) is 71.6 Å². The van der Waals surface area contributed by atoms with Crippen LogP contribution >= 0.6 is 0 Å². The van der Waals surface area contributed by atoms with E-state index < -0.39 is 0 Å². The van der Waals surface area contributed by atoms with Crippen LogP contribution in [0, 0.1) is 20.8 Å². The van der Waals surface area contributed by atoms with Gasteiger partial charge in [-0.15, -0.1) is 0 Å². The van der Waals surface area contributed by atoms with Crippen LogP contribution in [0.25, 0.3) is 16.6 Å². The average Bonchev–Trinajstić information content (AvgIpc) is 3.16. The first-order chi connectivity index (χ1) is 15.5. The second-order valence-electron chi connectivity index (χ2n) is 8.13. The van der Waals surface area contributed by atoms with E-state index in [1.165, 1.54) is 0 Å². The molecule has 32 heavy (non-hydrogen) atoms. The number of hydrogen-bond acceptors (Lipinski definition) is 6. The van der Waals surface area contributed by atoms with Crippen molar-refractivity contribution >= 4 is 22.5 Å². The van der Waals surface area contributed by atoms with Gasteiger partial charge in [-0.3, -0.25) is 9.78 Å². The Balaban J connectivity index is 1.35. The summed E-state index contributed by atoms with van der Waals surface area (Å²) in [5.74, 6) is 2.29. The molecule has 1 fully saturated rings. The summed E-state index contributed by atoms with van der Waals surface area (Å²) >= 11 is 0. The number of benzene rings is 1. The minimum Gasteiger partial charge on any atom is -0.353 e. The number of piperazine rings is 1. The van der Waals surface area contributed by atoms with E-state index in [1.54, 1.807) is 6.20 Å². The molecular formula is C24H25N7O. The molecule has 3 aromatic heterocycles. The highest BCUT2D eigenvalue weighted by Gasteiger charge is 2.25. The SMILES string of the molecule is Cc1cc(C)n(-c2cc(N3CCN(C(=O)c4nccc5ccccc45)CC3)nc(C)n2)n1. The maximum atomic E-state index is 13.2. The van der Waals surface area contributed by atoms with E-state index in [-0.39, 0.29) is 5.91 Å². The Hall–Kier alpha value is -3.81. The van der Waals surface area contributed by atoms with Crippen molar-refractivity contribution in [3.8, 4) is 5.82 Å². The third kappa shape index (κ3) is 3.68.